The van der Waals surface area contributed by atoms with E-state index in [-0.39, 0.29) is 6.04 Å². The number of halogens is 2. The van der Waals surface area contributed by atoms with Gasteiger partial charge in [-0.25, -0.2) is 13.5 Å². The van der Waals surface area contributed by atoms with E-state index in [1.54, 1.807) is 4.68 Å². The molecule has 0 spiro atoms. The quantitative estimate of drug-likeness (QED) is 0.536. The van der Waals surface area contributed by atoms with E-state index in [1.807, 2.05) is 18.3 Å². The Labute approximate surface area is 161 Å². The van der Waals surface area contributed by atoms with E-state index in [4.69, 9.17) is 0 Å². The largest absolute Gasteiger partial charge is 0.357 e. The average molecular weight is 378 g/mol. The van der Waals surface area contributed by atoms with Crippen LogP contribution in [0.25, 0.3) is 16.6 Å². The number of rotatable bonds is 4. The summed E-state index contributed by atoms with van der Waals surface area (Å²) in [6.45, 7) is 0.721. The Bertz CT molecular complexity index is 1090. The molecule has 0 bridgehead atoms. The van der Waals surface area contributed by atoms with Crippen LogP contribution < -0.4 is 5.32 Å². The maximum atomic E-state index is 13.6. The van der Waals surface area contributed by atoms with Crippen molar-refractivity contribution in [2.45, 2.75) is 31.8 Å². The lowest BCUT2D eigenvalue weighted by atomic mass is 9.93. The monoisotopic (exact) mass is 378 g/mol. The minimum atomic E-state index is -0.594. The Balaban J connectivity index is 1.39. The SMILES string of the molecule is Fc1cc(F)cc(-n2ncc3c2CCC[C@H]3NCc2cc3ccccc3[nH]2)c1. The molecule has 2 heterocycles. The predicted octanol–water partition coefficient (Wildman–Crippen LogP) is 4.80. The van der Waals surface area contributed by atoms with Crippen molar-refractivity contribution < 1.29 is 8.78 Å². The number of H-pyrrole nitrogens is 1. The van der Waals surface area contributed by atoms with E-state index in [0.29, 0.717) is 5.69 Å². The zero-order valence-corrected chi connectivity index (χ0v) is 15.3. The van der Waals surface area contributed by atoms with Gasteiger partial charge in [0.1, 0.15) is 11.6 Å². The molecule has 28 heavy (non-hydrogen) atoms. The number of nitrogens with zero attached hydrogens (tertiary/aromatic N) is 2. The molecule has 6 heteroatoms. The molecule has 2 aromatic heterocycles. The van der Waals surface area contributed by atoms with Crippen molar-refractivity contribution in [3.8, 4) is 5.69 Å². The maximum absolute atomic E-state index is 13.6. The van der Waals surface area contributed by atoms with Gasteiger partial charge in [0.25, 0.3) is 0 Å². The third-order valence-corrected chi connectivity index (χ3v) is 5.40. The summed E-state index contributed by atoms with van der Waals surface area (Å²) in [6, 6.07) is 14.1. The molecule has 0 fully saturated rings. The lowest BCUT2D eigenvalue weighted by molar-refractivity contribution is 0.452. The van der Waals surface area contributed by atoms with E-state index in [0.717, 1.165) is 54.3 Å². The lowest BCUT2D eigenvalue weighted by Gasteiger charge is -2.24. The summed E-state index contributed by atoms with van der Waals surface area (Å²) < 4.78 is 28.9. The minimum absolute atomic E-state index is 0.169. The second-order valence-corrected chi connectivity index (χ2v) is 7.29. The molecule has 142 valence electrons. The fourth-order valence-electron chi connectivity index (χ4n) is 4.11. The van der Waals surface area contributed by atoms with E-state index < -0.39 is 11.6 Å². The third kappa shape index (κ3) is 3.10. The van der Waals surface area contributed by atoms with Crippen LogP contribution >= 0.6 is 0 Å². The van der Waals surface area contributed by atoms with Crippen molar-refractivity contribution in [3.05, 3.63) is 83.3 Å². The van der Waals surface area contributed by atoms with E-state index >= 15 is 0 Å². The first-order chi connectivity index (χ1) is 13.7. The van der Waals surface area contributed by atoms with Crippen molar-refractivity contribution in [2.75, 3.05) is 0 Å². The zero-order chi connectivity index (χ0) is 19.1. The number of para-hydroxylation sites is 1. The number of benzene rings is 2. The van der Waals surface area contributed by atoms with E-state index in [9.17, 15) is 8.78 Å². The molecule has 1 aliphatic rings. The summed E-state index contributed by atoms with van der Waals surface area (Å²) in [5.74, 6) is -1.19. The average Bonchev–Trinajstić information content (AvgIpc) is 3.29. The van der Waals surface area contributed by atoms with Gasteiger partial charge >= 0.3 is 0 Å². The van der Waals surface area contributed by atoms with Gasteiger partial charge in [0.2, 0.25) is 0 Å². The molecular formula is C22H20F2N4. The molecule has 0 saturated heterocycles. The van der Waals surface area contributed by atoms with Crippen molar-refractivity contribution in [2.24, 2.45) is 0 Å². The molecule has 2 N–H and O–H groups in total. The normalized spacial score (nSPS) is 16.4. The van der Waals surface area contributed by atoms with Gasteiger partial charge in [0.05, 0.1) is 11.9 Å². The lowest BCUT2D eigenvalue weighted by Crippen LogP contribution is -2.25. The van der Waals surface area contributed by atoms with E-state index in [2.05, 4.69) is 33.6 Å². The summed E-state index contributed by atoms with van der Waals surface area (Å²) >= 11 is 0. The molecule has 0 aliphatic heterocycles. The Kier molecular flexibility index (Phi) is 4.20. The number of hydrogen-bond acceptors (Lipinski definition) is 2. The molecule has 1 aliphatic carbocycles. The topological polar surface area (TPSA) is 45.6 Å². The molecule has 0 radical (unpaired) electrons. The van der Waals surface area contributed by atoms with Gasteiger partial charge in [-0.15, -0.1) is 0 Å². The fraction of sp³-hybridized carbons (Fsp3) is 0.227. The van der Waals surface area contributed by atoms with Gasteiger partial charge in [-0.1, -0.05) is 18.2 Å². The summed E-state index contributed by atoms with van der Waals surface area (Å²) in [5.41, 5.74) is 4.81. The van der Waals surface area contributed by atoms with Gasteiger partial charge in [-0.3, -0.25) is 0 Å². The van der Waals surface area contributed by atoms with Crippen molar-refractivity contribution in [1.82, 2.24) is 20.1 Å². The van der Waals surface area contributed by atoms with Crippen LogP contribution in [-0.4, -0.2) is 14.8 Å². The molecule has 1 atom stereocenters. The molecule has 5 rings (SSSR count). The highest BCUT2D eigenvalue weighted by molar-refractivity contribution is 5.80. The number of aromatic amines is 1. The highest BCUT2D eigenvalue weighted by Crippen LogP contribution is 2.31. The summed E-state index contributed by atoms with van der Waals surface area (Å²) in [7, 11) is 0. The molecule has 2 aromatic carbocycles. The van der Waals surface area contributed by atoms with Crippen LogP contribution in [0.4, 0.5) is 8.78 Å². The van der Waals surface area contributed by atoms with Gasteiger partial charge < -0.3 is 10.3 Å². The van der Waals surface area contributed by atoms with Gasteiger partial charge in [-0.05, 0) is 48.9 Å². The Morgan fingerprint density at radius 1 is 1.11 bits per heavy atom. The van der Waals surface area contributed by atoms with E-state index in [1.165, 1.54) is 17.5 Å². The minimum Gasteiger partial charge on any atom is -0.357 e. The molecule has 4 nitrogen and oxygen atoms in total. The van der Waals surface area contributed by atoms with Crippen molar-refractivity contribution in [1.29, 1.82) is 0 Å². The molecular weight excluding hydrogens is 358 g/mol. The Morgan fingerprint density at radius 3 is 2.75 bits per heavy atom. The molecule has 0 unspecified atom stereocenters. The van der Waals surface area contributed by atoms with Crippen LogP contribution in [0.15, 0.2) is 54.7 Å². The predicted molar refractivity (Wildman–Crippen MR) is 104 cm³/mol. The van der Waals surface area contributed by atoms with Gasteiger partial charge in [0.15, 0.2) is 0 Å². The smallest absolute Gasteiger partial charge is 0.128 e. The first-order valence-electron chi connectivity index (χ1n) is 9.51. The number of nitrogens with one attached hydrogen (secondary N) is 2. The van der Waals surface area contributed by atoms with Crippen LogP contribution in [0, 0.1) is 11.6 Å². The summed E-state index contributed by atoms with van der Waals surface area (Å²) in [5, 5.41) is 9.23. The van der Waals surface area contributed by atoms with Gasteiger partial charge in [0, 0.05) is 41.1 Å². The van der Waals surface area contributed by atoms with Gasteiger partial charge in [-0.2, -0.15) is 5.10 Å². The van der Waals surface area contributed by atoms with Crippen molar-refractivity contribution in [3.63, 3.8) is 0 Å². The molecule has 4 aromatic rings. The fourth-order valence-corrected chi connectivity index (χ4v) is 4.11. The van der Waals surface area contributed by atoms with Crippen LogP contribution in [0.1, 0.15) is 35.8 Å². The highest BCUT2D eigenvalue weighted by atomic mass is 19.1. The Hall–Kier alpha value is -2.99. The third-order valence-electron chi connectivity index (χ3n) is 5.40. The van der Waals surface area contributed by atoms with Crippen LogP contribution in [0.5, 0.6) is 0 Å². The molecule has 0 amide bonds. The molecule has 0 saturated carbocycles. The van der Waals surface area contributed by atoms with Crippen molar-refractivity contribution >= 4 is 10.9 Å². The second kappa shape index (κ2) is 6.87. The standard InChI is InChI=1S/C22H20F2N4/c23-15-9-16(24)11-18(10-15)28-22-7-3-6-21(19(22)13-26-28)25-12-17-8-14-4-1-2-5-20(14)27-17/h1-2,4-5,8-11,13,21,25,27H,3,6-7,12H2/t21-/m1/s1. The number of aromatic nitrogens is 3. The number of fused-ring (bicyclic) bond motifs is 2. The number of hydrogen-bond donors (Lipinski definition) is 2. The first kappa shape index (κ1) is 17.1. The second-order valence-electron chi connectivity index (χ2n) is 7.29. The summed E-state index contributed by atoms with van der Waals surface area (Å²) in [4.78, 5) is 3.44. The van der Waals surface area contributed by atoms with Crippen LogP contribution in [-0.2, 0) is 13.0 Å². The Morgan fingerprint density at radius 2 is 1.93 bits per heavy atom. The zero-order valence-electron chi connectivity index (χ0n) is 15.3. The summed E-state index contributed by atoms with van der Waals surface area (Å²) in [6.07, 6.45) is 4.68. The maximum Gasteiger partial charge on any atom is 0.128 e. The van der Waals surface area contributed by atoms with Crippen LogP contribution in [0.3, 0.4) is 0 Å². The highest BCUT2D eigenvalue weighted by Gasteiger charge is 2.25. The van der Waals surface area contributed by atoms with Crippen LogP contribution in [0.2, 0.25) is 0 Å². The first-order valence-corrected chi connectivity index (χ1v) is 9.51.